The van der Waals surface area contributed by atoms with E-state index in [4.69, 9.17) is 16.0 Å². The third-order valence-corrected chi connectivity index (χ3v) is 4.23. The van der Waals surface area contributed by atoms with E-state index in [2.05, 4.69) is 26.1 Å². The number of rotatable bonds is 2. The van der Waals surface area contributed by atoms with Crippen molar-refractivity contribution < 1.29 is 4.42 Å². The number of halogens is 2. The van der Waals surface area contributed by atoms with E-state index in [1.54, 1.807) is 0 Å². The fourth-order valence-electron chi connectivity index (χ4n) is 2.34. The van der Waals surface area contributed by atoms with Crippen molar-refractivity contribution >= 4 is 27.5 Å². The van der Waals surface area contributed by atoms with Gasteiger partial charge >= 0.3 is 0 Å². The van der Waals surface area contributed by atoms with Gasteiger partial charge in [-0.2, -0.15) is 0 Å². The zero-order valence-corrected chi connectivity index (χ0v) is 12.0. The van der Waals surface area contributed by atoms with Crippen LogP contribution in [0.4, 0.5) is 0 Å². The van der Waals surface area contributed by atoms with Gasteiger partial charge in [0.25, 0.3) is 0 Å². The van der Waals surface area contributed by atoms with Crippen molar-refractivity contribution in [1.82, 2.24) is 10.2 Å². The summed E-state index contributed by atoms with van der Waals surface area (Å²) in [5.41, 5.74) is 0.847. The highest BCUT2D eigenvalue weighted by Crippen LogP contribution is 2.36. The molecule has 0 atom stereocenters. The molecule has 1 aliphatic rings. The predicted molar refractivity (Wildman–Crippen MR) is 73.7 cm³/mol. The molecule has 1 fully saturated rings. The summed E-state index contributed by atoms with van der Waals surface area (Å²) in [6.07, 6.45) is 4.81. The Morgan fingerprint density at radius 2 is 2.00 bits per heavy atom. The Balaban J connectivity index is 1.94. The highest BCUT2D eigenvalue weighted by Gasteiger charge is 2.23. The van der Waals surface area contributed by atoms with Crippen LogP contribution in [0.3, 0.4) is 0 Å². The lowest BCUT2D eigenvalue weighted by atomic mass is 10.1. The molecule has 0 spiro atoms. The van der Waals surface area contributed by atoms with Crippen LogP contribution in [0, 0.1) is 0 Å². The molecule has 0 saturated heterocycles. The third-order valence-electron chi connectivity index (χ3n) is 3.30. The molecule has 1 aromatic heterocycles. The molecular weight excluding hydrogens is 316 g/mol. The monoisotopic (exact) mass is 326 g/mol. The van der Waals surface area contributed by atoms with Crippen LogP contribution in [0.25, 0.3) is 11.5 Å². The standard InChI is InChI=1S/C13H12BrClN2O/c14-11-6-5-9(15)7-10(11)13-17-16-12(18-13)8-3-1-2-4-8/h5-8H,1-4H2. The van der Waals surface area contributed by atoms with Crippen LogP contribution in [-0.4, -0.2) is 10.2 Å². The minimum atomic E-state index is 0.434. The van der Waals surface area contributed by atoms with Crippen LogP contribution >= 0.6 is 27.5 Å². The normalized spacial score (nSPS) is 16.3. The Bertz CT molecular complexity index is 564. The van der Waals surface area contributed by atoms with Crippen molar-refractivity contribution in [2.24, 2.45) is 0 Å². The quantitative estimate of drug-likeness (QED) is 0.794. The summed E-state index contributed by atoms with van der Waals surface area (Å²) in [6, 6.07) is 5.54. The smallest absolute Gasteiger partial charge is 0.248 e. The lowest BCUT2D eigenvalue weighted by Crippen LogP contribution is -1.91. The van der Waals surface area contributed by atoms with Gasteiger partial charge in [-0.15, -0.1) is 10.2 Å². The van der Waals surface area contributed by atoms with E-state index < -0.39 is 0 Å². The Labute approximate surface area is 119 Å². The second-order valence-corrected chi connectivity index (χ2v) is 5.84. The zero-order valence-electron chi connectivity index (χ0n) is 9.70. The van der Waals surface area contributed by atoms with Gasteiger partial charge in [-0.1, -0.05) is 24.4 Å². The van der Waals surface area contributed by atoms with Crippen LogP contribution in [0.5, 0.6) is 0 Å². The number of nitrogens with zero attached hydrogens (tertiary/aromatic N) is 2. The van der Waals surface area contributed by atoms with Crippen molar-refractivity contribution in [3.8, 4) is 11.5 Å². The molecule has 2 aromatic rings. The van der Waals surface area contributed by atoms with Gasteiger partial charge in [-0.25, -0.2) is 0 Å². The van der Waals surface area contributed by atoms with E-state index >= 15 is 0 Å². The molecule has 94 valence electrons. The molecule has 0 amide bonds. The van der Waals surface area contributed by atoms with Gasteiger partial charge in [0.15, 0.2) is 0 Å². The fraction of sp³-hybridized carbons (Fsp3) is 0.385. The predicted octanol–water partition coefficient (Wildman–Crippen LogP) is 4.81. The van der Waals surface area contributed by atoms with Gasteiger partial charge in [0.05, 0.1) is 5.56 Å². The highest BCUT2D eigenvalue weighted by molar-refractivity contribution is 9.10. The molecule has 0 bridgehead atoms. The van der Waals surface area contributed by atoms with E-state index in [0.29, 0.717) is 16.8 Å². The molecule has 0 N–H and O–H groups in total. The van der Waals surface area contributed by atoms with Crippen molar-refractivity contribution in [2.45, 2.75) is 31.6 Å². The van der Waals surface area contributed by atoms with E-state index in [9.17, 15) is 0 Å². The SMILES string of the molecule is Clc1ccc(Br)c(-c2nnc(C3CCCC3)o2)c1. The van der Waals surface area contributed by atoms with Crippen LogP contribution in [0.1, 0.15) is 37.5 Å². The third kappa shape index (κ3) is 2.31. The second-order valence-electron chi connectivity index (χ2n) is 4.55. The van der Waals surface area contributed by atoms with Crippen molar-refractivity contribution in [3.05, 3.63) is 33.6 Å². The summed E-state index contributed by atoms with van der Waals surface area (Å²) in [5, 5.41) is 8.95. The first-order valence-corrected chi connectivity index (χ1v) is 7.20. The first-order valence-electron chi connectivity index (χ1n) is 6.03. The van der Waals surface area contributed by atoms with Crippen LogP contribution in [-0.2, 0) is 0 Å². The fourth-order valence-corrected chi connectivity index (χ4v) is 2.93. The highest BCUT2D eigenvalue weighted by atomic mass is 79.9. The Morgan fingerprint density at radius 3 is 2.78 bits per heavy atom. The Morgan fingerprint density at radius 1 is 1.22 bits per heavy atom. The summed E-state index contributed by atoms with van der Waals surface area (Å²) in [7, 11) is 0. The Hall–Kier alpha value is -0.870. The van der Waals surface area contributed by atoms with Crippen LogP contribution in [0.2, 0.25) is 5.02 Å². The van der Waals surface area contributed by atoms with Crippen LogP contribution in [0.15, 0.2) is 27.1 Å². The molecule has 1 heterocycles. The largest absolute Gasteiger partial charge is 0.420 e. The number of benzene rings is 1. The maximum Gasteiger partial charge on any atom is 0.248 e. The molecular formula is C13H12BrClN2O. The van der Waals surface area contributed by atoms with Crippen molar-refractivity contribution in [1.29, 1.82) is 0 Å². The second kappa shape index (κ2) is 5.02. The summed E-state index contributed by atoms with van der Waals surface area (Å²) < 4.78 is 6.69. The average Bonchev–Trinajstić information content (AvgIpc) is 3.00. The topological polar surface area (TPSA) is 38.9 Å². The summed E-state index contributed by atoms with van der Waals surface area (Å²) >= 11 is 9.46. The molecule has 1 aliphatic carbocycles. The summed E-state index contributed by atoms with van der Waals surface area (Å²) in [5.74, 6) is 1.73. The first-order chi connectivity index (χ1) is 8.74. The van der Waals surface area contributed by atoms with E-state index in [1.807, 2.05) is 18.2 Å². The van der Waals surface area contributed by atoms with Gasteiger partial charge < -0.3 is 4.42 Å². The molecule has 18 heavy (non-hydrogen) atoms. The first kappa shape index (κ1) is 12.2. The van der Waals surface area contributed by atoms with Gasteiger partial charge in [0, 0.05) is 15.4 Å². The molecule has 5 heteroatoms. The van der Waals surface area contributed by atoms with Crippen molar-refractivity contribution in [3.63, 3.8) is 0 Å². The lowest BCUT2D eigenvalue weighted by Gasteiger charge is -2.02. The van der Waals surface area contributed by atoms with Gasteiger partial charge in [0.1, 0.15) is 0 Å². The minimum absolute atomic E-state index is 0.434. The van der Waals surface area contributed by atoms with Gasteiger partial charge in [-0.05, 0) is 47.0 Å². The van der Waals surface area contributed by atoms with E-state index in [1.165, 1.54) is 12.8 Å². The average molecular weight is 328 g/mol. The molecule has 0 radical (unpaired) electrons. The van der Waals surface area contributed by atoms with Crippen LogP contribution < -0.4 is 0 Å². The maximum absolute atomic E-state index is 5.99. The van der Waals surface area contributed by atoms with Crippen molar-refractivity contribution in [2.75, 3.05) is 0 Å². The number of aromatic nitrogens is 2. The van der Waals surface area contributed by atoms with Gasteiger partial charge in [-0.3, -0.25) is 0 Å². The number of hydrogen-bond donors (Lipinski definition) is 0. The molecule has 1 aromatic carbocycles. The zero-order chi connectivity index (χ0) is 12.5. The Kier molecular flexibility index (Phi) is 3.39. The summed E-state index contributed by atoms with van der Waals surface area (Å²) in [6.45, 7) is 0. The maximum atomic E-state index is 5.99. The van der Waals surface area contributed by atoms with E-state index in [0.717, 1.165) is 28.8 Å². The summed E-state index contributed by atoms with van der Waals surface area (Å²) in [4.78, 5) is 0. The minimum Gasteiger partial charge on any atom is -0.420 e. The molecule has 3 nitrogen and oxygen atoms in total. The lowest BCUT2D eigenvalue weighted by molar-refractivity contribution is 0.457. The molecule has 0 aliphatic heterocycles. The number of hydrogen-bond acceptors (Lipinski definition) is 3. The molecule has 3 rings (SSSR count). The molecule has 1 saturated carbocycles. The van der Waals surface area contributed by atoms with Gasteiger partial charge in [0.2, 0.25) is 11.8 Å². The van der Waals surface area contributed by atoms with E-state index in [-0.39, 0.29) is 0 Å². The molecule has 0 unspecified atom stereocenters.